The second-order valence-corrected chi connectivity index (χ2v) is 9.47. The minimum atomic E-state index is -0.360. The number of hydrogen-bond donors (Lipinski definition) is 0. The van der Waals surface area contributed by atoms with E-state index in [4.69, 9.17) is 18.9 Å². The predicted octanol–water partition coefficient (Wildman–Crippen LogP) is 3.92. The Hall–Kier alpha value is -0.160. The highest BCUT2D eigenvalue weighted by molar-refractivity contribution is 5.04. The smallest absolute Gasteiger partial charge is 0.172 e. The third-order valence-corrected chi connectivity index (χ3v) is 5.07. The van der Waals surface area contributed by atoms with Gasteiger partial charge in [0.25, 0.3) is 0 Å². The van der Waals surface area contributed by atoms with Crippen LogP contribution in [-0.2, 0) is 18.9 Å². The van der Waals surface area contributed by atoms with E-state index in [0.29, 0.717) is 19.1 Å². The quantitative estimate of drug-likeness (QED) is 0.785. The van der Waals surface area contributed by atoms with E-state index in [9.17, 15) is 0 Å². The number of fused-ring (bicyclic) bond motifs is 2. The van der Waals surface area contributed by atoms with Gasteiger partial charge in [-0.25, -0.2) is 0 Å². The minimum absolute atomic E-state index is 0.0316. The lowest BCUT2D eigenvalue weighted by Crippen LogP contribution is -2.37. The van der Waals surface area contributed by atoms with Crippen molar-refractivity contribution in [3.8, 4) is 0 Å². The van der Waals surface area contributed by atoms with Crippen LogP contribution in [0.2, 0.25) is 0 Å². The van der Waals surface area contributed by atoms with E-state index in [1.165, 1.54) is 19.3 Å². The zero-order valence-electron chi connectivity index (χ0n) is 15.7. The molecule has 23 heavy (non-hydrogen) atoms. The molecular weight excluding hydrogens is 292 g/mol. The molecule has 0 aromatic carbocycles. The Morgan fingerprint density at radius 3 is 1.91 bits per heavy atom. The van der Waals surface area contributed by atoms with E-state index in [1.807, 2.05) is 0 Å². The Bertz CT molecular complexity index is 394. The summed E-state index contributed by atoms with van der Waals surface area (Å²) >= 11 is 0. The summed E-state index contributed by atoms with van der Waals surface area (Å²) in [6, 6.07) is 0. The molecule has 1 aliphatic heterocycles. The van der Waals surface area contributed by atoms with Crippen LogP contribution in [-0.4, -0.2) is 42.4 Å². The molecular formula is C19H34O4. The number of rotatable bonds is 4. The van der Waals surface area contributed by atoms with E-state index in [-0.39, 0.29) is 29.2 Å². The Morgan fingerprint density at radius 1 is 0.913 bits per heavy atom. The molecule has 0 bridgehead atoms. The van der Waals surface area contributed by atoms with Crippen LogP contribution in [0, 0.1) is 11.8 Å². The van der Waals surface area contributed by atoms with Gasteiger partial charge < -0.3 is 18.9 Å². The van der Waals surface area contributed by atoms with Crippen molar-refractivity contribution in [3.05, 3.63) is 0 Å². The van der Waals surface area contributed by atoms with Gasteiger partial charge in [-0.1, -0.05) is 0 Å². The van der Waals surface area contributed by atoms with Crippen molar-refractivity contribution in [2.24, 2.45) is 11.8 Å². The standard InChI is InChI=1S/C19H34O4/c1-17(2,3)20-11-15-16(12-21-18(4,5)6)23-19(22-15)9-7-8-13-10-14(13)19/h13-16H,7-12H2,1-6H3/t13-,14+,15-,16-/m0/s1. The second-order valence-electron chi connectivity index (χ2n) is 9.47. The van der Waals surface area contributed by atoms with Gasteiger partial charge >= 0.3 is 0 Å². The number of hydrogen-bond acceptors (Lipinski definition) is 4. The summed E-state index contributed by atoms with van der Waals surface area (Å²) in [5.41, 5.74) is -0.327. The lowest BCUT2D eigenvalue weighted by atomic mass is 9.94. The van der Waals surface area contributed by atoms with Crippen molar-refractivity contribution >= 4 is 0 Å². The molecule has 2 saturated carbocycles. The zero-order chi connectivity index (χ0) is 16.9. The van der Waals surface area contributed by atoms with Crippen molar-refractivity contribution < 1.29 is 18.9 Å². The van der Waals surface area contributed by atoms with Crippen LogP contribution in [0.5, 0.6) is 0 Å². The van der Waals surface area contributed by atoms with Crippen LogP contribution in [0.25, 0.3) is 0 Å². The molecule has 0 N–H and O–H groups in total. The first kappa shape index (κ1) is 17.7. The van der Waals surface area contributed by atoms with Crippen molar-refractivity contribution in [1.82, 2.24) is 0 Å². The van der Waals surface area contributed by atoms with Crippen LogP contribution in [0.1, 0.15) is 67.2 Å². The maximum absolute atomic E-state index is 6.49. The molecule has 3 fully saturated rings. The van der Waals surface area contributed by atoms with Gasteiger partial charge in [-0.05, 0) is 66.7 Å². The van der Waals surface area contributed by atoms with Gasteiger partial charge in [0.2, 0.25) is 0 Å². The number of ether oxygens (including phenoxy) is 4. The molecule has 0 unspecified atom stereocenters. The first-order chi connectivity index (χ1) is 10.6. The van der Waals surface area contributed by atoms with Gasteiger partial charge in [0, 0.05) is 12.3 Å². The summed E-state index contributed by atoms with van der Waals surface area (Å²) < 4.78 is 25.0. The van der Waals surface area contributed by atoms with Gasteiger partial charge in [0.05, 0.1) is 24.4 Å². The zero-order valence-corrected chi connectivity index (χ0v) is 15.7. The lowest BCUT2D eigenvalue weighted by Gasteiger charge is -2.32. The maximum atomic E-state index is 6.49. The molecule has 1 saturated heterocycles. The normalized spacial score (nSPS) is 36.3. The summed E-state index contributed by atoms with van der Waals surface area (Å²) in [6.45, 7) is 13.6. The topological polar surface area (TPSA) is 36.9 Å². The lowest BCUT2D eigenvalue weighted by molar-refractivity contribution is -0.214. The highest BCUT2D eigenvalue weighted by atomic mass is 16.8. The third-order valence-electron chi connectivity index (χ3n) is 5.07. The highest BCUT2D eigenvalue weighted by Gasteiger charge is 2.62. The molecule has 2 aliphatic carbocycles. The molecule has 0 aromatic heterocycles. The van der Waals surface area contributed by atoms with E-state index < -0.39 is 0 Å². The molecule has 1 heterocycles. The molecule has 0 aromatic rings. The molecule has 1 spiro atoms. The van der Waals surface area contributed by atoms with Gasteiger partial charge in [-0.2, -0.15) is 0 Å². The Balaban J connectivity index is 1.66. The molecule has 134 valence electrons. The first-order valence-electron chi connectivity index (χ1n) is 9.22. The van der Waals surface area contributed by atoms with Crippen molar-refractivity contribution in [2.75, 3.05) is 13.2 Å². The van der Waals surface area contributed by atoms with Crippen LogP contribution in [0.15, 0.2) is 0 Å². The van der Waals surface area contributed by atoms with E-state index >= 15 is 0 Å². The average Bonchev–Trinajstić information content (AvgIpc) is 3.11. The molecule has 3 rings (SSSR count). The average molecular weight is 326 g/mol. The fourth-order valence-electron chi connectivity index (χ4n) is 3.83. The predicted molar refractivity (Wildman–Crippen MR) is 89.3 cm³/mol. The van der Waals surface area contributed by atoms with Crippen LogP contribution < -0.4 is 0 Å². The largest absolute Gasteiger partial charge is 0.373 e. The van der Waals surface area contributed by atoms with Crippen molar-refractivity contribution in [1.29, 1.82) is 0 Å². The monoisotopic (exact) mass is 326 g/mol. The van der Waals surface area contributed by atoms with Gasteiger partial charge in [0.1, 0.15) is 12.2 Å². The molecule has 4 nitrogen and oxygen atoms in total. The Morgan fingerprint density at radius 2 is 1.43 bits per heavy atom. The molecule has 4 atom stereocenters. The SMILES string of the molecule is CC(C)(C)OC[C@@H]1OC2(CCC[C@H]3C[C@H]32)O[C@H]1COC(C)(C)C. The van der Waals surface area contributed by atoms with Crippen LogP contribution in [0.4, 0.5) is 0 Å². The van der Waals surface area contributed by atoms with Crippen LogP contribution >= 0.6 is 0 Å². The molecule has 3 aliphatic rings. The van der Waals surface area contributed by atoms with Crippen molar-refractivity contribution in [3.63, 3.8) is 0 Å². The highest BCUT2D eigenvalue weighted by Crippen LogP contribution is 2.59. The summed E-state index contributed by atoms with van der Waals surface area (Å²) in [5, 5.41) is 0. The fourth-order valence-corrected chi connectivity index (χ4v) is 3.83. The summed E-state index contributed by atoms with van der Waals surface area (Å²) in [6.07, 6.45) is 4.77. The van der Waals surface area contributed by atoms with E-state index in [0.717, 1.165) is 12.3 Å². The summed E-state index contributed by atoms with van der Waals surface area (Å²) in [4.78, 5) is 0. The van der Waals surface area contributed by atoms with Crippen molar-refractivity contribution in [2.45, 2.75) is 96.4 Å². The van der Waals surface area contributed by atoms with Gasteiger partial charge in [-0.15, -0.1) is 0 Å². The van der Waals surface area contributed by atoms with Gasteiger partial charge in [0.15, 0.2) is 5.79 Å². The Labute approximate surface area is 141 Å². The second kappa shape index (κ2) is 5.98. The summed E-state index contributed by atoms with van der Waals surface area (Å²) in [7, 11) is 0. The Kier molecular flexibility index (Phi) is 4.59. The first-order valence-corrected chi connectivity index (χ1v) is 9.22. The third kappa shape index (κ3) is 4.28. The van der Waals surface area contributed by atoms with E-state index in [1.54, 1.807) is 0 Å². The summed E-state index contributed by atoms with van der Waals surface area (Å²) in [5.74, 6) is 1.05. The van der Waals surface area contributed by atoms with E-state index in [2.05, 4.69) is 41.5 Å². The maximum Gasteiger partial charge on any atom is 0.172 e. The molecule has 4 heteroatoms. The molecule has 0 radical (unpaired) electrons. The van der Waals surface area contributed by atoms with Crippen LogP contribution in [0.3, 0.4) is 0 Å². The fraction of sp³-hybridized carbons (Fsp3) is 1.00. The molecule has 0 amide bonds. The minimum Gasteiger partial charge on any atom is -0.373 e. The van der Waals surface area contributed by atoms with Gasteiger partial charge in [-0.3, -0.25) is 0 Å².